The molecule has 0 spiro atoms. The predicted molar refractivity (Wildman–Crippen MR) is 77.0 cm³/mol. The number of hydrogen-bond acceptors (Lipinski definition) is 3. The van der Waals surface area contributed by atoms with E-state index in [2.05, 4.69) is 40.3 Å². The average molecular weight is 259 g/mol. The Morgan fingerprint density at radius 1 is 1.47 bits per heavy atom. The monoisotopic (exact) mass is 259 g/mol. The van der Waals surface area contributed by atoms with Gasteiger partial charge in [-0.2, -0.15) is 0 Å². The first-order valence-corrected chi connectivity index (χ1v) is 6.88. The SMILES string of the molecule is CC(N)C1CN(Cc2c[nH]c3ccccc23)CCO1. The van der Waals surface area contributed by atoms with Gasteiger partial charge in [-0.3, -0.25) is 4.90 Å². The third-order valence-corrected chi connectivity index (χ3v) is 3.83. The summed E-state index contributed by atoms with van der Waals surface area (Å²) in [7, 11) is 0. The highest BCUT2D eigenvalue weighted by atomic mass is 16.5. The second kappa shape index (κ2) is 5.33. The van der Waals surface area contributed by atoms with E-state index >= 15 is 0 Å². The van der Waals surface area contributed by atoms with E-state index in [4.69, 9.17) is 10.5 Å². The summed E-state index contributed by atoms with van der Waals surface area (Å²) in [6, 6.07) is 8.52. The number of ether oxygens (including phenoxy) is 1. The van der Waals surface area contributed by atoms with E-state index in [-0.39, 0.29) is 12.1 Å². The van der Waals surface area contributed by atoms with Crippen molar-refractivity contribution in [2.45, 2.75) is 25.6 Å². The fraction of sp³-hybridized carbons (Fsp3) is 0.467. The normalized spacial score (nSPS) is 22.7. The van der Waals surface area contributed by atoms with Gasteiger partial charge in [-0.15, -0.1) is 0 Å². The molecule has 2 aromatic rings. The van der Waals surface area contributed by atoms with Crippen molar-refractivity contribution in [3.63, 3.8) is 0 Å². The standard InChI is InChI=1S/C15H21N3O/c1-11(16)15-10-18(6-7-19-15)9-12-8-17-14-5-3-2-4-13(12)14/h2-5,8,11,15,17H,6-7,9-10,16H2,1H3. The van der Waals surface area contributed by atoms with Crippen LogP contribution in [0.15, 0.2) is 30.5 Å². The zero-order chi connectivity index (χ0) is 13.2. The molecule has 4 heteroatoms. The fourth-order valence-corrected chi connectivity index (χ4v) is 2.70. The molecule has 0 saturated carbocycles. The van der Waals surface area contributed by atoms with E-state index in [1.807, 2.05) is 6.92 Å². The molecule has 1 aromatic carbocycles. The Hall–Kier alpha value is -1.36. The number of nitrogens with one attached hydrogen (secondary N) is 1. The van der Waals surface area contributed by atoms with Gasteiger partial charge in [-0.1, -0.05) is 18.2 Å². The van der Waals surface area contributed by atoms with Gasteiger partial charge in [0, 0.05) is 42.8 Å². The van der Waals surface area contributed by atoms with Gasteiger partial charge in [-0.25, -0.2) is 0 Å². The van der Waals surface area contributed by atoms with Crippen molar-refractivity contribution in [3.8, 4) is 0 Å². The van der Waals surface area contributed by atoms with Crippen LogP contribution in [0.25, 0.3) is 10.9 Å². The topological polar surface area (TPSA) is 54.3 Å². The Labute approximate surface area is 113 Å². The first kappa shape index (κ1) is 12.7. The highest BCUT2D eigenvalue weighted by molar-refractivity contribution is 5.82. The molecule has 0 radical (unpaired) electrons. The summed E-state index contributed by atoms with van der Waals surface area (Å²) < 4.78 is 5.70. The number of nitrogens with zero attached hydrogens (tertiary/aromatic N) is 1. The number of aromatic amines is 1. The molecule has 2 atom stereocenters. The van der Waals surface area contributed by atoms with Crippen LogP contribution in [0.2, 0.25) is 0 Å². The molecule has 3 N–H and O–H groups in total. The van der Waals surface area contributed by atoms with Gasteiger partial charge in [-0.05, 0) is 18.6 Å². The molecule has 1 saturated heterocycles. The molecule has 2 heterocycles. The van der Waals surface area contributed by atoms with Crippen LogP contribution >= 0.6 is 0 Å². The van der Waals surface area contributed by atoms with E-state index in [0.29, 0.717) is 0 Å². The molecular weight excluding hydrogens is 238 g/mol. The van der Waals surface area contributed by atoms with Crippen molar-refractivity contribution in [2.24, 2.45) is 5.73 Å². The number of nitrogens with two attached hydrogens (primary N) is 1. The molecule has 3 rings (SSSR count). The zero-order valence-electron chi connectivity index (χ0n) is 11.3. The minimum atomic E-state index is 0.0887. The number of benzene rings is 1. The number of morpholine rings is 1. The summed E-state index contributed by atoms with van der Waals surface area (Å²) in [5.74, 6) is 0. The van der Waals surface area contributed by atoms with E-state index in [0.717, 1.165) is 26.2 Å². The maximum atomic E-state index is 5.94. The summed E-state index contributed by atoms with van der Waals surface area (Å²) in [5, 5.41) is 1.31. The molecule has 2 unspecified atom stereocenters. The number of para-hydroxylation sites is 1. The van der Waals surface area contributed by atoms with E-state index in [1.54, 1.807) is 0 Å². The quantitative estimate of drug-likeness (QED) is 0.882. The third kappa shape index (κ3) is 2.66. The molecule has 0 bridgehead atoms. The first-order chi connectivity index (χ1) is 9.24. The lowest BCUT2D eigenvalue weighted by Crippen LogP contribution is -2.49. The van der Waals surface area contributed by atoms with Crippen molar-refractivity contribution in [1.29, 1.82) is 0 Å². The third-order valence-electron chi connectivity index (χ3n) is 3.83. The van der Waals surface area contributed by atoms with Gasteiger partial charge >= 0.3 is 0 Å². The Morgan fingerprint density at radius 3 is 3.16 bits per heavy atom. The van der Waals surface area contributed by atoms with E-state index in [1.165, 1.54) is 16.5 Å². The summed E-state index contributed by atoms with van der Waals surface area (Å²) >= 11 is 0. The lowest BCUT2D eigenvalue weighted by Gasteiger charge is -2.34. The maximum absolute atomic E-state index is 5.94. The van der Waals surface area contributed by atoms with Crippen LogP contribution in [0.4, 0.5) is 0 Å². The van der Waals surface area contributed by atoms with Crippen LogP contribution in [0.5, 0.6) is 0 Å². The molecule has 1 aromatic heterocycles. The van der Waals surface area contributed by atoms with Crippen molar-refractivity contribution < 1.29 is 4.74 Å². The minimum Gasteiger partial charge on any atom is -0.374 e. The van der Waals surface area contributed by atoms with Crippen LogP contribution in [0.3, 0.4) is 0 Å². The lowest BCUT2D eigenvalue weighted by molar-refractivity contribution is -0.0402. The van der Waals surface area contributed by atoms with E-state index < -0.39 is 0 Å². The second-order valence-electron chi connectivity index (χ2n) is 5.36. The maximum Gasteiger partial charge on any atom is 0.0850 e. The molecule has 0 amide bonds. The predicted octanol–water partition coefficient (Wildman–Crippen LogP) is 1.72. The number of rotatable bonds is 3. The number of fused-ring (bicyclic) bond motifs is 1. The summed E-state index contributed by atoms with van der Waals surface area (Å²) in [6.45, 7) is 5.63. The number of H-pyrrole nitrogens is 1. The fourth-order valence-electron chi connectivity index (χ4n) is 2.70. The average Bonchev–Trinajstić information content (AvgIpc) is 2.83. The zero-order valence-corrected chi connectivity index (χ0v) is 11.3. The first-order valence-electron chi connectivity index (χ1n) is 6.88. The van der Waals surface area contributed by atoms with Crippen LogP contribution in [-0.2, 0) is 11.3 Å². The highest BCUT2D eigenvalue weighted by Crippen LogP contribution is 2.20. The minimum absolute atomic E-state index is 0.0887. The molecule has 1 aliphatic heterocycles. The van der Waals surface area contributed by atoms with E-state index in [9.17, 15) is 0 Å². The Morgan fingerprint density at radius 2 is 2.32 bits per heavy atom. The summed E-state index contributed by atoms with van der Waals surface area (Å²) in [4.78, 5) is 5.75. The Kier molecular flexibility index (Phi) is 3.55. The Balaban J connectivity index is 1.74. The van der Waals surface area contributed by atoms with Crippen molar-refractivity contribution in [1.82, 2.24) is 9.88 Å². The smallest absolute Gasteiger partial charge is 0.0850 e. The molecule has 102 valence electrons. The van der Waals surface area contributed by atoms with Crippen LogP contribution < -0.4 is 5.73 Å². The van der Waals surface area contributed by atoms with Gasteiger partial charge in [0.1, 0.15) is 0 Å². The van der Waals surface area contributed by atoms with Gasteiger partial charge in [0.15, 0.2) is 0 Å². The summed E-state index contributed by atoms with van der Waals surface area (Å²) in [6.07, 6.45) is 2.26. The molecule has 1 fully saturated rings. The largest absolute Gasteiger partial charge is 0.374 e. The van der Waals surface area contributed by atoms with Crippen molar-refractivity contribution in [2.75, 3.05) is 19.7 Å². The van der Waals surface area contributed by atoms with Crippen LogP contribution in [0.1, 0.15) is 12.5 Å². The molecule has 4 nitrogen and oxygen atoms in total. The molecule has 0 aliphatic carbocycles. The number of aromatic nitrogens is 1. The Bertz CT molecular complexity index is 549. The number of hydrogen-bond donors (Lipinski definition) is 2. The lowest BCUT2D eigenvalue weighted by atomic mass is 10.1. The van der Waals surface area contributed by atoms with Gasteiger partial charge < -0.3 is 15.5 Å². The molecule has 19 heavy (non-hydrogen) atoms. The molecular formula is C15H21N3O. The van der Waals surface area contributed by atoms with Gasteiger partial charge in [0.05, 0.1) is 12.7 Å². The summed E-state index contributed by atoms with van der Waals surface area (Å²) in [5.41, 5.74) is 8.49. The molecule has 1 aliphatic rings. The van der Waals surface area contributed by atoms with Crippen molar-refractivity contribution >= 4 is 10.9 Å². The van der Waals surface area contributed by atoms with Gasteiger partial charge in [0.25, 0.3) is 0 Å². The highest BCUT2D eigenvalue weighted by Gasteiger charge is 2.23. The van der Waals surface area contributed by atoms with Crippen molar-refractivity contribution in [3.05, 3.63) is 36.0 Å². The van der Waals surface area contributed by atoms with Gasteiger partial charge in [0.2, 0.25) is 0 Å². The van der Waals surface area contributed by atoms with Crippen LogP contribution in [0, 0.1) is 0 Å². The second-order valence-corrected chi connectivity index (χ2v) is 5.36. The van der Waals surface area contributed by atoms with Crippen LogP contribution in [-0.4, -0.2) is 41.7 Å².